The Kier molecular flexibility index (Phi) is 5.66. The number of hydrogen-bond donors (Lipinski definition) is 1. The van der Waals surface area contributed by atoms with Gasteiger partial charge in [-0.3, -0.25) is 4.79 Å². The molecule has 0 radical (unpaired) electrons. The summed E-state index contributed by atoms with van der Waals surface area (Å²) in [5.74, 6) is 2.64. The maximum absolute atomic E-state index is 13.0. The molecule has 3 aliphatic carbocycles. The maximum atomic E-state index is 13.0. The highest BCUT2D eigenvalue weighted by Gasteiger charge is 2.42. The predicted molar refractivity (Wildman–Crippen MR) is 99.0 cm³/mol. The Morgan fingerprint density at radius 1 is 0.920 bits per heavy atom. The number of likely N-dealkylation sites (tertiary alicyclic amines) is 1. The molecule has 0 aromatic carbocycles. The first-order valence-electron chi connectivity index (χ1n) is 10.9. The van der Waals surface area contributed by atoms with Gasteiger partial charge in [0.1, 0.15) is 0 Å². The molecule has 2 atom stereocenters. The van der Waals surface area contributed by atoms with E-state index < -0.39 is 0 Å². The Labute approximate surface area is 152 Å². The molecule has 3 saturated carbocycles. The van der Waals surface area contributed by atoms with Crippen molar-refractivity contribution >= 4 is 5.91 Å². The second kappa shape index (κ2) is 7.96. The van der Waals surface area contributed by atoms with Gasteiger partial charge in [0.15, 0.2) is 0 Å². The van der Waals surface area contributed by atoms with E-state index in [-0.39, 0.29) is 5.92 Å². The average Bonchev–Trinajstić information content (AvgIpc) is 3.13. The number of hydrogen-bond acceptors (Lipinski definition) is 3. The fourth-order valence-corrected chi connectivity index (χ4v) is 5.94. The fourth-order valence-electron chi connectivity index (χ4n) is 5.94. The smallest absolute Gasteiger partial charge is 0.225 e. The zero-order chi connectivity index (χ0) is 17.2. The first-order chi connectivity index (χ1) is 12.2. The van der Waals surface area contributed by atoms with Gasteiger partial charge in [0.05, 0.1) is 6.10 Å². The SMILES string of the molecule is NC1C2CCCC1CC(C(=O)N1CCC(OCC3CCCC3)CC1)C2. The minimum Gasteiger partial charge on any atom is -0.378 e. The molecule has 1 saturated heterocycles. The molecular formula is C21H36N2O2. The summed E-state index contributed by atoms with van der Waals surface area (Å²) in [5.41, 5.74) is 6.39. The number of fused-ring (bicyclic) bond motifs is 2. The Balaban J connectivity index is 1.22. The molecule has 1 amide bonds. The molecule has 1 aliphatic heterocycles. The number of piperidine rings is 1. The lowest BCUT2D eigenvalue weighted by molar-refractivity contribution is -0.141. The molecule has 2 N–H and O–H groups in total. The van der Waals surface area contributed by atoms with Crippen molar-refractivity contribution in [2.45, 2.75) is 82.8 Å². The molecule has 4 aliphatic rings. The maximum Gasteiger partial charge on any atom is 0.225 e. The third-order valence-electron chi connectivity index (χ3n) is 7.56. The van der Waals surface area contributed by atoms with Gasteiger partial charge in [0.25, 0.3) is 0 Å². The summed E-state index contributed by atoms with van der Waals surface area (Å²) in [4.78, 5) is 15.1. The summed E-state index contributed by atoms with van der Waals surface area (Å²) in [6, 6.07) is 0.354. The molecule has 0 spiro atoms. The van der Waals surface area contributed by atoms with Crippen LogP contribution < -0.4 is 5.73 Å². The number of nitrogens with zero attached hydrogens (tertiary/aromatic N) is 1. The lowest BCUT2D eigenvalue weighted by atomic mass is 9.65. The van der Waals surface area contributed by atoms with Crippen LogP contribution in [0.15, 0.2) is 0 Å². The second-order valence-corrected chi connectivity index (χ2v) is 9.21. The molecule has 0 aromatic rings. The van der Waals surface area contributed by atoms with Gasteiger partial charge >= 0.3 is 0 Å². The number of amides is 1. The number of carbonyl (C=O) groups is 1. The van der Waals surface area contributed by atoms with Crippen molar-refractivity contribution in [1.29, 1.82) is 0 Å². The lowest BCUT2D eigenvalue weighted by Gasteiger charge is -2.45. The largest absolute Gasteiger partial charge is 0.378 e. The van der Waals surface area contributed by atoms with Crippen LogP contribution in [0.4, 0.5) is 0 Å². The standard InChI is InChI=1S/C21H36N2O2/c22-20-16-6-3-7-17(20)13-18(12-16)21(24)23-10-8-19(9-11-23)25-14-15-4-1-2-5-15/h15-20H,1-14,22H2. The van der Waals surface area contributed by atoms with Crippen LogP contribution >= 0.6 is 0 Å². The van der Waals surface area contributed by atoms with E-state index in [2.05, 4.69) is 4.90 Å². The van der Waals surface area contributed by atoms with E-state index in [1.165, 1.54) is 44.9 Å². The van der Waals surface area contributed by atoms with Gasteiger partial charge in [-0.25, -0.2) is 0 Å². The third kappa shape index (κ3) is 4.05. The van der Waals surface area contributed by atoms with Crippen LogP contribution in [-0.2, 0) is 9.53 Å². The first kappa shape index (κ1) is 17.8. The Morgan fingerprint density at radius 3 is 2.20 bits per heavy atom. The predicted octanol–water partition coefficient (Wildman–Crippen LogP) is 3.34. The van der Waals surface area contributed by atoms with Crippen LogP contribution in [0.25, 0.3) is 0 Å². The first-order valence-corrected chi connectivity index (χ1v) is 10.9. The summed E-state index contributed by atoms with van der Waals surface area (Å²) >= 11 is 0. The van der Waals surface area contributed by atoms with Gasteiger partial charge < -0.3 is 15.4 Å². The van der Waals surface area contributed by atoms with E-state index in [9.17, 15) is 4.79 Å². The summed E-state index contributed by atoms with van der Waals surface area (Å²) < 4.78 is 6.16. The molecule has 1 heterocycles. The molecule has 4 heteroatoms. The monoisotopic (exact) mass is 348 g/mol. The van der Waals surface area contributed by atoms with E-state index in [0.29, 0.717) is 29.9 Å². The summed E-state index contributed by atoms with van der Waals surface area (Å²) in [6.07, 6.45) is 13.8. The summed E-state index contributed by atoms with van der Waals surface area (Å²) in [7, 11) is 0. The van der Waals surface area contributed by atoms with E-state index in [0.717, 1.165) is 51.3 Å². The molecular weight excluding hydrogens is 312 g/mol. The molecule has 4 fully saturated rings. The van der Waals surface area contributed by atoms with Crippen molar-refractivity contribution in [2.75, 3.05) is 19.7 Å². The molecule has 2 unspecified atom stereocenters. The zero-order valence-electron chi connectivity index (χ0n) is 15.7. The summed E-state index contributed by atoms with van der Waals surface area (Å²) in [6.45, 7) is 2.74. The average molecular weight is 349 g/mol. The van der Waals surface area contributed by atoms with Gasteiger partial charge in [0, 0.05) is 31.7 Å². The van der Waals surface area contributed by atoms with Crippen molar-refractivity contribution in [2.24, 2.45) is 29.4 Å². The topological polar surface area (TPSA) is 55.6 Å². The van der Waals surface area contributed by atoms with Gasteiger partial charge in [-0.1, -0.05) is 19.3 Å². The number of rotatable bonds is 4. The zero-order valence-corrected chi connectivity index (χ0v) is 15.7. The number of ether oxygens (including phenoxy) is 1. The molecule has 142 valence electrons. The van der Waals surface area contributed by atoms with Gasteiger partial charge in [0.2, 0.25) is 5.91 Å². The van der Waals surface area contributed by atoms with Crippen molar-refractivity contribution < 1.29 is 9.53 Å². The third-order valence-corrected chi connectivity index (χ3v) is 7.56. The molecule has 4 nitrogen and oxygen atoms in total. The molecule has 2 bridgehead atoms. The van der Waals surface area contributed by atoms with Crippen LogP contribution in [0.1, 0.15) is 70.6 Å². The van der Waals surface area contributed by atoms with Crippen molar-refractivity contribution in [1.82, 2.24) is 4.90 Å². The van der Waals surface area contributed by atoms with Crippen molar-refractivity contribution in [3.63, 3.8) is 0 Å². The second-order valence-electron chi connectivity index (χ2n) is 9.21. The molecule has 25 heavy (non-hydrogen) atoms. The fraction of sp³-hybridized carbons (Fsp3) is 0.952. The van der Waals surface area contributed by atoms with Crippen LogP contribution in [0.3, 0.4) is 0 Å². The molecule has 4 rings (SSSR count). The van der Waals surface area contributed by atoms with Crippen LogP contribution in [-0.4, -0.2) is 42.6 Å². The minimum absolute atomic E-state index is 0.242. The Hall–Kier alpha value is -0.610. The van der Waals surface area contributed by atoms with E-state index in [4.69, 9.17) is 10.5 Å². The van der Waals surface area contributed by atoms with Crippen LogP contribution in [0, 0.1) is 23.7 Å². The van der Waals surface area contributed by atoms with E-state index >= 15 is 0 Å². The van der Waals surface area contributed by atoms with Crippen molar-refractivity contribution in [3.05, 3.63) is 0 Å². The summed E-state index contributed by atoms with van der Waals surface area (Å²) in [5, 5.41) is 0. The van der Waals surface area contributed by atoms with Gasteiger partial charge in [-0.05, 0) is 69.1 Å². The highest BCUT2D eigenvalue weighted by Crippen LogP contribution is 2.42. The Morgan fingerprint density at radius 2 is 1.56 bits per heavy atom. The quantitative estimate of drug-likeness (QED) is 0.848. The van der Waals surface area contributed by atoms with Gasteiger partial charge in [-0.15, -0.1) is 0 Å². The van der Waals surface area contributed by atoms with Crippen LogP contribution in [0.2, 0.25) is 0 Å². The highest BCUT2D eigenvalue weighted by molar-refractivity contribution is 5.79. The van der Waals surface area contributed by atoms with E-state index in [1.54, 1.807) is 0 Å². The lowest BCUT2D eigenvalue weighted by Crippen LogP contribution is -2.51. The van der Waals surface area contributed by atoms with E-state index in [1.807, 2.05) is 0 Å². The normalized spacial score (nSPS) is 37.4. The van der Waals surface area contributed by atoms with Gasteiger partial charge in [-0.2, -0.15) is 0 Å². The Bertz CT molecular complexity index is 441. The number of carbonyl (C=O) groups excluding carboxylic acids is 1. The molecule has 0 aromatic heterocycles. The highest BCUT2D eigenvalue weighted by atomic mass is 16.5. The number of nitrogens with two attached hydrogens (primary N) is 1. The van der Waals surface area contributed by atoms with Crippen molar-refractivity contribution in [3.8, 4) is 0 Å². The minimum atomic E-state index is 0.242. The van der Waals surface area contributed by atoms with Crippen LogP contribution in [0.5, 0.6) is 0 Å².